The Morgan fingerprint density at radius 3 is 2.40 bits per heavy atom. The highest BCUT2D eigenvalue weighted by molar-refractivity contribution is 7.90. The molecule has 52 heavy (non-hydrogen) atoms. The molecule has 0 aliphatic carbocycles. The van der Waals surface area contributed by atoms with Gasteiger partial charge < -0.3 is 4.74 Å². The Balaban J connectivity index is 1.46. The average molecular weight is 733 g/mol. The number of para-hydroxylation sites is 1. The molecule has 1 atom stereocenters. The first-order valence-electron chi connectivity index (χ1n) is 16.5. The summed E-state index contributed by atoms with van der Waals surface area (Å²) in [7, 11) is -4.28. The van der Waals surface area contributed by atoms with Gasteiger partial charge in [0, 0.05) is 34.8 Å². The van der Waals surface area contributed by atoms with Gasteiger partial charge in [-0.1, -0.05) is 104 Å². The van der Waals surface area contributed by atoms with Gasteiger partial charge in [0.15, 0.2) is 4.80 Å². The van der Waals surface area contributed by atoms with Crippen LogP contribution in [-0.4, -0.2) is 34.5 Å². The van der Waals surface area contributed by atoms with Crippen LogP contribution in [0.1, 0.15) is 55.0 Å². The summed E-state index contributed by atoms with van der Waals surface area (Å²) in [5.41, 5.74) is 3.07. The Labute approximate surface area is 302 Å². The van der Waals surface area contributed by atoms with Crippen LogP contribution >= 0.6 is 11.3 Å². The zero-order valence-electron chi connectivity index (χ0n) is 28.3. The highest BCUT2D eigenvalue weighted by Crippen LogP contribution is 2.36. The van der Waals surface area contributed by atoms with E-state index in [2.05, 4.69) is 13.8 Å². The van der Waals surface area contributed by atoms with Crippen molar-refractivity contribution in [1.82, 2.24) is 8.54 Å². The summed E-state index contributed by atoms with van der Waals surface area (Å²) in [6.07, 6.45) is 3.01. The van der Waals surface area contributed by atoms with Crippen molar-refractivity contribution in [3.63, 3.8) is 0 Å². The Bertz CT molecular complexity index is 2710. The normalized spacial score (nSPS) is 14.8. The van der Waals surface area contributed by atoms with Crippen LogP contribution in [0.25, 0.3) is 22.7 Å². The molecule has 0 spiro atoms. The van der Waals surface area contributed by atoms with Gasteiger partial charge in [0.1, 0.15) is 0 Å². The van der Waals surface area contributed by atoms with Crippen molar-refractivity contribution in [3.8, 4) is 0 Å². The summed E-state index contributed by atoms with van der Waals surface area (Å²) in [6.45, 7) is 6.01. The number of hydrogen-bond donors (Lipinski definition) is 0. The Morgan fingerprint density at radius 2 is 1.71 bits per heavy atom. The van der Waals surface area contributed by atoms with E-state index in [1.54, 1.807) is 37.3 Å². The van der Waals surface area contributed by atoms with Crippen molar-refractivity contribution < 1.29 is 22.9 Å². The average Bonchev–Trinajstić information content (AvgIpc) is 3.68. The third-order valence-electron chi connectivity index (χ3n) is 8.87. The van der Waals surface area contributed by atoms with Crippen molar-refractivity contribution in [1.29, 1.82) is 0 Å². The molecule has 0 fully saturated rings. The SMILES string of the molecule is CCOC(=O)C1=C(c2ccccc2)N=c2s/c(=C\c3cn(S(=O)(=O)c4cccc([N+](=O)[O-])c4)c4ccccc34)c(=O)n2[C@H]1c1ccc(C(C)C)cc1. The van der Waals surface area contributed by atoms with Gasteiger partial charge in [-0.25, -0.2) is 22.2 Å². The number of benzene rings is 4. The minimum absolute atomic E-state index is 0.122. The lowest BCUT2D eigenvalue weighted by atomic mass is 9.91. The summed E-state index contributed by atoms with van der Waals surface area (Å²) in [5, 5.41) is 12.0. The second kappa shape index (κ2) is 13.7. The van der Waals surface area contributed by atoms with Crippen molar-refractivity contribution >= 4 is 55.7 Å². The maximum Gasteiger partial charge on any atom is 0.338 e. The third kappa shape index (κ3) is 6.07. The maximum atomic E-state index is 14.5. The predicted molar refractivity (Wildman–Crippen MR) is 199 cm³/mol. The summed E-state index contributed by atoms with van der Waals surface area (Å²) < 4.78 is 36.2. The van der Waals surface area contributed by atoms with E-state index >= 15 is 0 Å². The maximum absolute atomic E-state index is 14.5. The number of nitrogens with zero attached hydrogens (tertiary/aromatic N) is 4. The van der Waals surface area contributed by atoms with Crippen molar-refractivity contribution in [2.75, 3.05) is 6.61 Å². The number of carbonyl (C=O) groups is 1. The second-order valence-corrected chi connectivity index (χ2v) is 15.2. The van der Waals surface area contributed by atoms with Gasteiger partial charge in [-0.15, -0.1) is 0 Å². The zero-order valence-corrected chi connectivity index (χ0v) is 29.9. The quantitative estimate of drug-likeness (QED) is 0.0985. The van der Waals surface area contributed by atoms with Gasteiger partial charge in [0.25, 0.3) is 21.3 Å². The van der Waals surface area contributed by atoms with Crippen LogP contribution in [0.4, 0.5) is 5.69 Å². The molecule has 0 N–H and O–H groups in total. The lowest BCUT2D eigenvalue weighted by molar-refractivity contribution is -0.385. The Kier molecular flexibility index (Phi) is 9.07. The number of esters is 1. The summed E-state index contributed by atoms with van der Waals surface area (Å²) in [6, 6.07) is 27.8. The number of ether oxygens (including phenoxy) is 1. The fraction of sp³-hybridized carbons (Fsp3) is 0.154. The lowest BCUT2D eigenvalue weighted by Crippen LogP contribution is -2.40. The van der Waals surface area contributed by atoms with E-state index < -0.39 is 32.5 Å². The highest BCUT2D eigenvalue weighted by atomic mass is 32.2. The number of nitro groups is 1. The van der Waals surface area contributed by atoms with E-state index in [1.807, 2.05) is 54.6 Å². The van der Waals surface area contributed by atoms with Crippen LogP contribution in [0, 0.1) is 10.1 Å². The fourth-order valence-electron chi connectivity index (χ4n) is 6.32. The van der Waals surface area contributed by atoms with Gasteiger partial charge in [0.2, 0.25) is 0 Å². The van der Waals surface area contributed by atoms with Crippen LogP contribution < -0.4 is 14.9 Å². The number of fused-ring (bicyclic) bond motifs is 2. The van der Waals surface area contributed by atoms with Gasteiger partial charge in [-0.05, 0) is 42.2 Å². The first kappa shape index (κ1) is 34.5. The summed E-state index contributed by atoms with van der Waals surface area (Å²) in [5.74, 6) is -0.328. The number of carbonyl (C=O) groups excluding carboxylic acids is 1. The molecule has 0 saturated heterocycles. The molecule has 1 aliphatic rings. The largest absolute Gasteiger partial charge is 0.463 e. The summed E-state index contributed by atoms with van der Waals surface area (Å²) >= 11 is 1.12. The molecule has 13 heteroatoms. The van der Waals surface area contributed by atoms with Gasteiger partial charge >= 0.3 is 5.97 Å². The van der Waals surface area contributed by atoms with E-state index in [9.17, 15) is 28.1 Å². The third-order valence-corrected chi connectivity index (χ3v) is 11.5. The van der Waals surface area contributed by atoms with Crippen LogP contribution in [0.5, 0.6) is 0 Å². The molecule has 4 aromatic carbocycles. The molecule has 0 bridgehead atoms. The van der Waals surface area contributed by atoms with E-state index in [-0.39, 0.29) is 33.2 Å². The highest BCUT2D eigenvalue weighted by Gasteiger charge is 2.35. The van der Waals surface area contributed by atoms with E-state index in [4.69, 9.17) is 9.73 Å². The smallest absolute Gasteiger partial charge is 0.338 e. The Morgan fingerprint density at radius 1 is 1.00 bits per heavy atom. The Hall–Kier alpha value is -5.92. The molecular weight excluding hydrogens is 701 g/mol. The summed E-state index contributed by atoms with van der Waals surface area (Å²) in [4.78, 5) is 44.1. The number of non-ortho nitro benzene ring substituents is 1. The number of nitro benzene ring substituents is 1. The number of aromatic nitrogens is 2. The molecule has 11 nitrogen and oxygen atoms in total. The first-order chi connectivity index (χ1) is 25.0. The van der Waals surface area contributed by atoms with Crippen molar-refractivity contribution in [2.45, 2.75) is 37.6 Å². The standard InChI is InChI=1S/C39H32N4O7S2/c1-4-50-38(45)34-35(26-11-6-5-7-12-26)40-39-42(36(34)27-19-17-25(18-20-27)24(2)3)37(44)33(51-39)21-28-23-41(32-16-9-8-15-31(28)32)52(48,49)30-14-10-13-29(22-30)43(46)47/h5-24,36H,4H2,1-3H3/b33-21-/t36-/m0/s1. The fourth-order valence-corrected chi connectivity index (χ4v) is 8.73. The zero-order chi connectivity index (χ0) is 36.7. The molecule has 262 valence electrons. The number of rotatable bonds is 9. The molecular formula is C39H32N4O7S2. The molecule has 0 amide bonds. The minimum Gasteiger partial charge on any atom is -0.463 e. The van der Waals surface area contributed by atoms with Crippen LogP contribution in [-0.2, 0) is 19.6 Å². The van der Waals surface area contributed by atoms with E-state index in [0.717, 1.165) is 26.9 Å². The molecule has 0 saturated carbocycles. The second-order valence-electron chi connectivity index (χ2n) is 12.4. The molecule has 7 rings (SSSR count). The molecule has 6 aromatic rings. The minimum atomic E-state index is -4.28. The predicted octanol–water partition coefficient (Wildman–Crippen LogP) is 6.16. The molecule has 1 aliphatic heterocycles. The van der Waals surface area contributed by atoms with E-state index in [1.165, 1.54) is 29.0 Å². The topological polar surface area (TPSA) is 143 Å². The number of thiazole rings is 1. The lowest BCUT2D eigenvalue weighted by Gasteiger charge is -2.26. The molecule has 0 unspecified atom stereocenters. The van der Waals surface area contributed by atoms with Crippen LogP contribution in [0.15, 0.2) is 130 Å². The van der Waals surface area contributed by atoms with Crippen LogP contribution in [0.2, 0.25) is 0 Å². The first-order valence-corrected chi connectivity index (χ1v) is 18.7. The van der Waals surface area contributed by atoms with Crippen LogP contribution in [0.3, 0.4) is 0 Å². The van der Waals surface area contributed by atoms with E-state index in [0.29, 0.717) is 38.1 Å². The van der Waals surface area contributed by atoms with Gasteiger partial charge in [0.05, 0.1) is 43.8 Å². The molecule has 2 aromatic heterocycles. The molecule has 0 radical (unpaired) electrons. The molecule has 3 heterocycles. The van der Waals surface area contributed by atoms with Crippen molar-refractivity contribution in [3.05, 3.63) is 167 Å². The van der Waals surface area contributed by atoms with Gasteiger partial charge in [-0.3, -0.25) is 19.5 Å². The number of hydrogen-bond acceptors (Lipinski definition) is 9. The monoisotopic (exact) mass is 732 g/mol. The van der Waals surface area contributed by atoms with Crippen molar-refractivity contribution in [2.24, 2.45) is 4.99 Å². The van der Waals surface area contributed by atoms with Gasteiger partial charge in [-0.2, -0.15) is 0 Å².